The highest BCUT2D eigenvalue weighted by Crippen LogP contribution is 2.55. The Morgan fingerprint density at radius 3 is 2.79 bits per heavy atom. The van der Waals surface area contributed by atoms with Gasteiger partial charge in [-0.15, -0.1) is 0 Å². The van der Waals surface area contributed by atoms with Crippen molar-refractivity contribution in [3.05, 3.63) is 80.3 Å². The average Bonchev–Trinajstić information content (AvgIpc) is 3.06. The van der Waals surface area contributed by atoms with Gasteiger partial charge < -0.3 is 8.94 Å². The molecule has 1 unspecified atom stereocenters. The van der Waals surface area contributed by atoms with Crippen LogP contribution in [0.5, 0.6) is 5.75 Å². The molecule has 1 aromatic carbocycles. The molecule has 0 radical (unpaired) electrons. The lowest BCUT2D eigenvalue weighted by atomic mass is 10.2. The smallest absolute Gasteiger partial charge is 0.438 e. The van der Waals surface area contributed by atoms with Gasteiger partial charge in [-0.1, -0.05) is 18.2 Å². The van der Waals surface area contributed by atoms with Crippen molar-refractivity contribution in [2.75, 3.05) is 0 Å². The first kappa shape index (κ1) is 18.4. The Labute approximate surface area is 154 Å². The van der Waals surface area contributed by atoms with Crippen molar-refractivity contribution in [2.24, 2.45) is 0 Å². The van der Waals surface area contributed by atoms with Gasteiger partial charge in [0.15, 0.2) is 11.5 Å². The molecule has 1 atom stereocenters. The first-order valence-electron chi connectivity index (χ1n) is 7.81. The maximum absolute atomic E-state index is 13.6. The van der Waals surface area contributed by atoms with Gasteiger partial charge in [0.2, 0.25) is 11.7 Å². The summed E-state index contributed by atoms with van der Waals surface area (Å²) in [5, 5.41) is 0. The van der Waals surface area contributed by atoms with E-state index in [0.29, 0.717) is 10.8 Å². The number of rotatable bonds is 4. The van der Waals surface area contributed by atoms with Gasteiger partial charge in [0.05, 0.1) is 12.8 Å². The number of halogens is 2. The molecular formula is C16H11F2N2O7P. The lowest BCUT2D eigenvalue weighted by Crippen LogP contribution is -2.30. The minimum Gasteiger partial charge on any atom is -0.438 e. The van der Waals surface area contributed by atoms with Crippen LogP contribution in [0.4, 0.5) is 8.78 Å². The van der Waals surface area contributed by atoms with Crippen LogP contribution in [0.2, 0.25) is 0 Å². The molecule has 0 fully saturated rings. The third kappa shape index (κ3) is 3.42. The number of nitrogens with one attached hydrogen (secondary N) is 1. The van der Waals surface area contributed by atoms with Gasteiger partial charge in [0.1, 0.15) is 12.4 Å². The van der Waals surface area contributed by atoms with E-state index in [4.69, 9.17) is 18.0 Å². The van der Waals surface area contributed by atoms with Gasteiger partial charge >= 0.3 is 13.5 Å². The van der Waals surface area contributed by atoms with Crippen LogP contribution in [0, 0.1) is 11.6 Å². The van der Waals surface area contributed by atoms with Crippen LogP contribution in [0.25, 0.3) is 5.88 Å². The van der Waals surface area contributed by atoms with Crippen LogP contribution in [0.3, 0.4) is 0 Å². The molecule has 3 aromatic rings. The fourth-order valence-corrected chi connectivity index (χ4v) is 3.57. The Hall–Kier alpha value is -3.01. The van der Waals surface area contributed by atoms with E-state index in [2.05, 4.69) is 0 Å². The van der Waals surface area contributed by atoms with Gasteiger partial charge in [-0.25, -0.2) is 18.3 Å². The van der Waals surface area contributed by atoms with Crippen LogP contribution in [0.15, 0.2) is 50.5 Å². The highest BCUT2D eigenvalue weighted by Gasteiger charge is 2.37. The summed E-state index contributed by atoms with van der Waals surface area (Å²) in [5.74, 6) is -1.94. The SMILES string of the molecule is O=c1[nH]c(=O)n(-c2cc3c(o2)COP(=O)(OCc2ccccc2F)O3)cc1F. The molecule has 0 aliphatic carbocycles. The zero-order chi connectivity index (χ0) is 19.9. The second kappa shape index (κ2) is 6.86. The molecule has 0 saturated heterocycles. The Balaban J connectivity index is 1.57. The maximum atomic E-state index is 13.6. The standard InChI is InChI=1S/C16H11F2N2O7P/c17-10-4-2-1-3-9(10)7-24-28(23)25-8-13-12(27-28)5-14(26-13)20-6-11(18)15(21)19-16(20)22/h1-6H,7-8H2,(H,19,21,22). The molecule has 1 aliphatic heterocycles. The lowest BCUT2D eigenvalue weighted by Gasteiger charge is -2.21. The van der Waals surface area contributed by atoms with Gasteiger partial charge in [-0.3, -0.25) is 18.8 Å². The lowest BCUT2D eigenvalue weighted by molar-refractivity contribution is 0.117. The van der Waals surface area contributed by atoms with Crippen LogP contribution >= 0.6 is 7.82 Å². The summed E-state index contributed by atoms with van der Waals surface area (Å²) in [7, 11) is -4.08. The van der Waals surface area contributed by atoms with E-state index >= 15 is 0 Å². The number of hydrogen-bond donors (Lipinski definition) is 1. The Kier molecular flexibility index (Phi) is 4.50. The van der Waals surface area contributed by atoms with Crippen LogP contribution in [-0.2, 0) is 26.8 Å². The summed E-state index contributed by atoms with van der Waals surface area (Å²) < 4.78 is 61.1. The fraction of sp³-hybridized carbons (Fsp3) is 0.125. The van der Waals surface area contributed by atoms with E-state index in [9.17, 15) is 22.9 Å². The van der Waals surface area contributed by atoms with Crippen LogP contribution in [0.1, 0.15) is 11.3 Å². The van der Waals surface area contributed by atoms with Crippen molar-refractivity contribution < 1.29 is 31.3 Å². The highest BCUT2D eigenvalue weighted by molar-refractivity contribution is 7.49. The summed E-state index contributed by atoms with van der Waals surface area (Å²) in [6.07, 6.45) is 0.639. The quantitative estimate of drug-likeness (QED) is 0.656. The van der Waals surface area contributed by atoms with Crippen molar-refractivity contribution in [1.29, 1.82) is 0 Å². The van der Waals surface area contributed by atoms with Crippen molar-refractivity contribution >= 4 is 7.82 Å². The third-order valence-electron chi connectivity index (χ3n) is 3.79. The second-order valence-electron chi connectivity index (χ2n) is 5.66. The van der Waals surface area contributed by atoms with E-state index < -0.39 is 30.7 Å². The number of nitrogens with zero attached hydrogens (tertiary/aromatic N) is 1. The first-order chi connectivity index (χ1) is 13.3. The monoisotopic (exact) mass is 412 g/mol. The molecule has 1 N–H and O–H groups in total. The average molecular weight is 412 g/mol. The number of aromatic amines is 1. The van der Waals surface area contributed by atoms with E-state index in [1.165, 1.54) is 18.2 Å². The molecule has 4 rings (SSSR count). The second-order valence-corrected chi connectivity index (χ2v) is 7.25. The van der Waals surface area contributed by atoms with E-state index in [1.807, 2.05) is 0 Å². The van der Waals surface area contributed by atoms with Crippen molar-refractivity contribution in [2.45, 2.75) is 13.2 Å². The number of phosphoric ester groups is 1. The Morgan fingerprint density at radius 2 is 2.00 bits per heavy atom. The predicted molar refractivity (Wildman–Crippen MR) is 89.1 cm³/mol. The molecule has 1 aliphatic rings. The molecule has 28 heavy (non-hydrogen) atoms. The summed E-state index contributed by atoms with van der Waals surface area (Å²) in [4.78, 5) is 24.7. The van der Waals surface area contributed by atoms with E-state index in [1.54, 1.807) is 11.1 Å². The zero-order valence-corrected chi connectivity index (χ0v) is 14.8. The summed E-state index contributed by atoms with van der Waals surface area (Å²) in [5.41, 5.74) is -1.97. The van der Waals surface area contributed by atoms with E-state index in [0.717, 1.165) is 6.07 Å². The third-order valence-corrected chi connectivity index (χ3v) is 5.10. The molecule has 0 amide bonds. The van der Waals surface area contributed by atoms with Crippen LogP contribution < -0.4 is 15.8 Å². The number of phosphoric acid groups is 1. The maximum Gasteiger partial charge on any atom is 0.530 e. The van der Waals surface area contributed by atoms with Gasteiger partial charge in [-0.2, -0.15) is 4.39 Å². The number of hydrogen-bond acceptors (Lipinski definition) is 7. The molecule has 2 aromatic heterocycles. The highest BCUT2D eigenvalue weighted by atomic mass is 31.2. The number of furan rings is 1. The molecule has 146 valence electrons. The zero-order valence-electron chi connectivity index (χ0n) is 13.9. The predicted octanol–water partition coefficient (Wildman–Crippen LogP) is 2.63. The topological polar surface area (TPSA) is 113 Å². The van der Waals surface area contributed by atoms with Gasteiger partial charge in [0, 0.05) is 11.6 Å². The first-order valence-corrected chi connectivity index (χ1v) is 9.27. The summed E-state index contributed by atoms with van der Waals surface area (Å²) >= 11 is 0. The Morgan fingerprint density at radius 1 is 1.21 bits per heavy atom. The molecule has 12 heteroatoms. The molecule has 9 nitrogen and oxygen atoms in total. The normalized spacial score (nSPS) is 18.5. The summed E-state index contributed by atoms with van der Waals surface area (Å²) in [6.45, 7) is -0.695. The number of fused-ring (bicyclic) bond motifs is 1. The number of H-pyrrole nitrogens is 1. The summed E-state index contributed by atoms with van der Waals surface area (Å²) in [6, 6.07) is 6.91. The van der Waals surface area contributed by atoms with Gasteiger partial charge in [0.25, 0.3) is 5.56 Å². The molecular weight excluding hydrogens is 401 g/mol. The largest absolute Gasteiger partial charge is 0.530 e. The van der Waals surface area contributed by atoms with Crippen molar-refractivity contribution in [3.8, 4) is 11.6 Å². The number of aromatic nitrogens is 2. The minimum absolute atomic E-state index is 0.0587. The molecule has 0 saturated carbocycles. The van der Waals surface area contributed by atoms with Crippen LogP contribution in [-0.4, -0.2) is 9.55 Å². The number of benzene rings is 1. The van der Waals surface area contributed by atoms with Gasteiger partial charge in [-0.05, 0) is 6.07 Å². The van der Waals surface area contributed by atoms with Crippen molar-refractivity contribution in [1.82, 2.24) is 9.55 Å². The van der Waals surface area contributed by atoms with E-state index in [-0.39, 0.29) is 36.2 Å². The minimum atomic E-state index is -4.08. The van der Waals surface area contributed by atoms with Crippen molar-refractivity contribution in [3.63, 3.8) is 0 Å². The Bertz CT molecular complexity index is 1220. The fourth-order valence-electron chi connectivity index (χ4n) is 2.42. The molecule has 3 heterocycles. The molecule has 0 bridgehead atoms. The molecule has 0 spiro atoms.